The molecule has 2 aliphatic heterocycles. The van der Waals surface area contributed by atoms with Gasteiger partial charge in [-0.05, 0) is 26.0 Å². The van der Waals surface area contributed by atoms with E-state index in [4.69, 9.17) is 9.47 Å². The number of imidazole rings is 1. The number of carbonyl (C=O) groups excluding carboxylic acids is 3. The van der Waals surface area contributed by atoms with E-state index in [1.165, 1.54) is 34.9 Å². The van der Waals surface area contributed by atoms with Crippen LogP contribution in [0.1, 0.15) is 52.3 Å². The van der Waals surface area contributed by atoms with Crippen molar-refractivity contribution < 1.29 is 29.0 Å². The summed E-state index contributed by atoms with van der Waals surface area (Å²) in [5.74, 6) is -2.51. The molecule has 1 unspecified atom stereocenters. The number of carbonyl (C=O) groups is 3. The van der Waals surface area contributed by atoms with E-state index < -0.39 is 30.3 Å². The Labute approximate surface area is 212 Å². The first-order valence-corrected chi connectivity index (χ1v) is 13.9. The lowest BCUT2D eigenvalue weighted by Crippen LogP contribution is -2.63. The third-order valence-electron chi connectivity index (χ3n) is 6.88. The van der Waals surface area contributed by atoms with Gasteiger partial charge in [0.2, 0.25) is 12.2 Å². The predicted molar refractivity (Wildman–Crippen MR) is 132 cm³/mol. The summed E-state index contributed by atoms with van der Waals surface area (Å²) in [6, 6.07) is -0.345. The van der Waals surface area contributed by atoms with E-state index in [-0.39, 0.29) is 29.5 Å². The Morgan fingerprint density at radius 3 is 2.54 bits per heavy atom. The van der Waals surface area contributed by atoms with Crippen molar-refractivity contribution in [1.82, 2.24) is 14.3 Å². The fraction of sp³-hybridized carbons (Fsp3) is 0.583. The fourth-order valence-corrected chi connectivity index (χ4v) is 6.96. The number of esters is 2. The van der Waals surface area contributed by atoms with E-state index in [0.717, 1.165) is 14.7 Å². The average Bonchev–Trinajstić information content (AvgIpc) is 3.43. The van der Waals surface area contributed by atoms with Gasteiger partial charge in [-0.1, -0.05) is 20.8 Å². The molecule has 35 heavy (non-hydrogen) atoms. The predicted octanol–water partition coefficient (Wildman–Crippen LogP) is 3.55. The van der Waals surface area contributed by atoms with E-state index >= 15 is 0 Å². The minimum absolute atomic E-state index is 0.151. The van der Waals surface area contributed by atoms with E-state index in [9.17, 15) is 19.5 Å². The molecular weight excluding hydrogens is 490 g/mol. The van der Waals surface area contributed by atoms with Gasteiger partial charge in [0.1, 0.15) is 21.9 Å². The lowest BCUT2D eigenvalue weighted by Gasteiger charge is -2.46. The second-order valence-corrected chi connectivity index (χ2v) is 10.8. The summed E-state index contributed by atoms with van der Waals surface area (Å²) in [7, 11) is 0. The largest absolute Gasteiger partial charge is 0.425 e. The lowest BCUT2D eigenvalue weighted by molar-refractivity contribution is -0.188. The number of nitrogens with zero attached hydrogens (tertiary/aromatic N) is 3. The maximum atomic E-state index is 13.4. The second-order valence-electron chi connectivity index (χ2n) is 9.00. The highest BCUT2D eigenvalue weighted by atomic mass is 32.2. The third-order valence-corrected chi connectivity index (χ3v) is 8.84. The van der Waals surface area contributed by atoms with Crippen LogP contribution < -0.4 is 0 Å². The molecule has 2 aromatic heterocycles. The van der Waals surface area contributed by atoms with Crippen molar-refractivity contribution >= 4 is 51.3 Å². The first kappa shape index (κ1) is 25.7. The smallest absolute Gasteiger partial charge is 0.358 e. The molecule has 11 heteroatoms. The molecule has 1 saturated heterocycles. The van der Waals surface area contributed by atoms with Crippen LogP contribution in [0.25, 0.3) is 10.4 Å². The number of hydrogen-bond donors (Lipinski definition) is 1. The number of thiazole rings is 1. The molecule has 0 aromatic carbocycles. The molecule has 0 aliphatic carbocycles. The number of ether oxygens (including phenoxy) is 2. The summed E-state index contributed by atoms with van der Waals surface area (Å²) in [6.07, 6.45) is 4.89. The summed E-state index contributed by atoms with van der Waals surface area (Å²) >= 11 is 3.02. The average molecular weight is 522 g/mol. The number of aliphatic hydroxyl groups is 1. The van der Waals surface area contributed by atoms with Crippen molar-refractivity contribution in [3.05, 3.63) is 23.1 Å². The molecule has 2 aromatic rings. The highest BCUT2D eigenvalue weighted by Gasteiger charge is 2.60. The fourth-order valence-electron chi connectivity index (χ4n) is 5.04. The molecule has 1 N–H and O–H groups in total. The van der Waals surface area contributed by atoms with Crippen LogP contribution in [-0.4, -0.2) is 61.9 Å². The first-order chi connectivity index (χ1) is 16.6. The minimum atomic E-state index is -1.10. The molecule has 0 spiro atoms. The van der Waals surface area contributed by atoms with Crippen LogP contribution in [0.4, 0.5) is 0 Å². The van der Waals surface area contributed by atoms with Crippen LogP contribution in [0.15, 0.2) is 23.2 Å². The zero-order chi connectivity index (χ0) is 25.6. The molecule has 4 heterocycles. The maximum absolute atomic E-state index is 13.4. The van der Waals surface area contributed by atoms with E-state index in [2.05, 4.69) is 4.98 Å². The van der Waals surface area contributed by atoms with Crippen molar-refractivity contribution in [3.8, 4) is 0 Å². The first-order valence-electron chi connectivity index (χ1n) is 11.8. The van der Waals surface area contributed by atoms with Gasteiger partial charge in [0.15, 0.2) is 0 Å². The van der Waals surface area contributed by atoms with Crippen molar-refractivity contribution in [1.29, 1.82) is 0 Å². The molecular formula is C24H31N3O6S2. The minimum Gasteiger partial charge on any atom is -0.425 e. The molecule has 0 bridgehead atoms. The highest BCUT2D eigenvalue weighted by Crippen LogP contribution is 2.52. The number of β-lactam (4-membered cyclic amide) rings is 1. The lowest BCUT2D eigenvalue weighted by atomic mass is 9.77. The molecule has 1 amide bonds. The Balaban J connectivity index is 1.68. The van der Waals surface area contributed by atoms with Crippen molar-refractivity contribution in [3.63, 3.8) is 0 Å². The number of aliphatic hydroxyl groups excluding tert-OH is 1. The van der Waals surface area contributed by atoms with Gasteiger partial charge in [-0.2, -0.15) is 0 Å². The van der Waals surface area contributed by atoms with Gasteiger partial charge in [-0.25, -0.2) is 9.78 Å². The zero-order valence-corrected chi connectivity index (χ0v) is 22.3. The summed E-state index contributed by atoms with van der Waals surface area (Å²) in [4.78, 5) is 46.4. The van der Waals surface area contributed by atoms with Gasteiger partial charge in [0, 0.05) is 24.6 Å². The van der Waals surface area contributed by atoms with E-state index in [1.807, 2.05) is 37.6 Å². The Bertz CT molecular complexity index is 1180. The summed E-state index contributed by atoms with van der Waals surface area (Å²) in [5.41, 5.74) is 0.841. The molecule has 0 saturated carbocycles. The molecule has 2 aliphatic rings. The van der Waals surface area contributed by atoms with Crippen LogP contribution in [0.2, 0.25) is 0 Å². The topological polar surface area (TPSA) is 110 Å². The van der Waals surface area contributed by atoms with Gasteiger partial charge in [0.25, 0.3) is 0 Å². The standard InChI is InChI=1S/C24H31N3O6S2/c1-7-14(8-2)23(30)32-13(5)33-24(31)19-16(11(3)18-17(12(4)28)21(29)27(18)19)15-9-26-10-25-20(34-6)22(26)35-15/h9-14,17-18,28H,7-8H2,1-6H3/t11-,12+,13?,17+,18+/m0/s1. The number of fused-ring (bicyclic) bond motifs is 2. The molecule has 0 radical (unpaired) electrons. The summed E-state index contributed by atoms with van der Waals surface area (Å²) < 4.78 is 12.8. The number of aromatic nitrogens is 2. The van der Waals surface area contributed by atoms with Gasteiger partial charge < -0.3 is 19.5 Å². The van der Waals surface area contributed by atoms with Gasteiger partial charge in [-0.15, -0.1) is 23.1 Å². The van der Waals surface area contributed by atoms with Gasteiger partial charge in [-0.3, -0.25) is 14.0 Å². The van der Waals surface area contributed by atoms with Crippen LogP contribution in [-0.2, 0) is 23.9 Å². The SMILES string of the molecule is CCC(CC)C(=O)OC(C)OC(=O)C1=C(c2cn3cnc(SC)c3s2)[C@H](C)[C@@H]2[C@@H]([C@@H](C)O)C(=O)N12. The quantitative estimate of drug-likeness (QED) is 0.231. The van der Waals surface area contributed by atoms with E-state index in [1.54, 1.807) is 13.3 Å². The third kappa shape index (κ3) is 4.27. The Morgan fingerprint density at radius 1 is 1.26 bits per heavy atom. The van der Waals surface area contributed by atoms with E-state index in [0.29, 0.717) is 18.4 Å². The Kier molecular flexibility index (Phi) is 7.31. The molecule has 190 valence electrons. The molecule has 5 atom stereocenters. The second kappa shape index (κ2) is 9.94. The van der Waals surface area contributed by atoms with Crippen LogP contribution in [0.5, 0.6) is 0 Å². The summed E-state index contributed by atoms with van der Waals surface area (Å²) in [6.45, 7) is 8.84. The van der Waals surface area contributed by atoms with Crippen LogP contribution >= 0.6 is 23.1 Å². The number of rotatable bonds is 9. The van der Waals surface area contributed by atoms with Crippen LogP contribution in [0, 0.1) is 17.8 Å². The van der Waals surface area contributed by atoms with Crippen molar-refractivity contribution in [2.24, 2.45) is 17.8 Å². The zero-order valence-electron chi connectivity index (χ0n) is 20.7. The maximum Gasteiger partial charge on any atom is 0.358 e. The van der Waals surface area contributed by atoms with Crippen molar-refractivity contribution in [2.75, 3.05) is 6.26 Å². The van der Waals surface area contributed by atoms with Crippen LogP contribution in [0.3, 0.4) is 0 Å². The number of amides is 1. The van der Waals surface area contributed by atoms with Gasteiger partial charge in [0.05, 0.1) is 28.9 Å². The summed E-state index contributed by atoms with van der Waals surface area (Å²) in [5, 5.41) is 11.1. The Hall–Kier alpha value is -2.37. The molecule has 1 fully saturated rings. The number of thioether (sulfide) groups is 1. The Morgan fingerprint density at radius 2 is 1.94 bits per heavy atom. The molecule has 4 rings (SSSR count). The van der Waals surface area contributed by atoms with Gasteiger partial charge >= 0.3 is 11.9 Å². The number of hydrogen-bond acceptors (Lipinski definition) is 9. The molecule has 9 nitrogen and oxygen atoms in total. The van der Waals surface area contributed by atoms with Crippen molar-refractivity contribution in [2.45, 2.75) is 70.9 Å². The highest BCUT2D eigenvalue weighted by molar-refractivity contribution is 7.98. The normalized spacial score (nSPS) is 23.5. The monoisotopic (exact) mass is 521 g/mol.